The molecule has 1 aliphatic heterocycles. The van der Waals surface area contributed by atoms with E-state index in [9.17, 15) is 9.90 Å². The van der Waals surface area contributed by atoms with Gasteiger partial charge in [0.25, 0.3) is 0 Å². The highest BCUT2D eigenvalue weighted by atomic mass is 35.5. The van der Waals surface area contributed by atoms with Crippen LogP contribution in [-0.4, -0.2) is 42.5 Å². The summed E-state index contributed by atoms with van der Waals surface area (Å²) in [4.78, 5) is 13.1. The third-order valence-electron chi connectivity index (χ3n) is 4.31. The predicted octanol–water partition coefficient (Wildman–Crippen LogP) is 1.39. The highest BCUT2D eigenvalue weighted by Gasteiger charge is 2.24. The molecule has 0 saturated carbocycles. The van der Waals surface area contributed by atoms with Crippen molar-refractivity contribution in [1.29, 1.82) is 0 Å². The molecular weight excluding hydrogens is 320 g/mol. The van der Waals surface area contributed by atoms with Crippen molar-refractivity contribution < 1.29 is 9.90 Å². The molecule has 0 radical (unpaired) electrons. The van der Waals surface area contributed by atoms with Gasteiger partial charge >= 0.3 is 0 Å². The Kier molecular flexibility index (Phi) is 6.56. The maximum atomic E-state index is 11.9. The highest BCUT2D eigenvalue weighted by Crippen LogP contribution is 2.27. The first-order valence-electron chi connectivity index (χ1n) is 7.62. The molecule has 1 aliphatic carbocycles. The van der Waals surface area contributed by atoms with E-state index in [2.05, 4.69) is 28.8 Å². The summed E-state index contributed by atoms with van der Waals surface area (Å²) in [6, 6.07) is 6.54. The lowest BCUT2D eigenvalue weighted by Gasteiger charge is -2.14. The number of thioether (sulfide) groups is 1. The van der Waals surface area contributed by atoms with Crippen LogP contribution in [0.5, 0.6) is 0 Å². The summed E-state index contributed by atoms with van der Waals surface area (Å²) in [6.45, 7) is 1.96. The minimum atomic E-state index is -0.338. The van der Waals surface area contributed by atoms with Crippen LogP contribution in [0.25, 0.3) is 0 Å². The van der Waals surface area contributed by atoms with Crippen molar-refractivity contribution in [1.82, 2.24) is 10.6 Å². The van der Waals surface area contributed by atoms with Crippen molar-refractivity contribution >= 4 is 30.1 Å². The number of carbonyl (C=O) groups excluding carboxylic acids is 1. The fourth-order valence-corrected chi connectivity index (χ4v) is 3.80. The lowest BCUT2D eigenvalue weighted by Crippen LogP contribution is -2.35. The number of aryl methyl sites for hydroxylation is 2. The van der Waals surface area contributed by atoms with Crippen LogP contribution in [0.2, 0.25) is 0 Å². The van der Waals surface area contributed by atoms with Crippen LogP contribution in [0.3, 0.4) is 0 Å². The monoisotopic (exact) mass is 342 g/mol. The molecular formula is C16H23ClN2O2S. The van der Waals surface area contributed by atoms with E-state index in [1.165, 1.54) is 35.3 Å². The first-order chi connectivity index (χ1) is 10.2. The third kappa shape index (κ3) is 4.38. The van der Waals surface area contributed by atoms with E-state index in [-0.39, 0.29) is 30.3 Å². The number of hydrogen-bond donors (Lipinski definition) is 3. The number of β-amino-alcohol motifs (C(OH)–C–C–N with tert-alkyl or cyclic N) is 1. The summed E-state index contributed by atoms with van der Waals surface area (Å²) in [5.41, 5.74) is 2.91. The zero-order valence-corrected chi connectivity index (χ0v) is 14.1. The lowest BCUT2D eigenvalue weighted by atomic mass is 10.1. The summed E-state index contributed by atoms with van der Waals surface area (Å²) in [5.74, 6) is 0.619. The normalized spacial score (nSPS) is 23.0. The summed E-state index contributed by atoms with van der Waals surface area (Å²) in [5, 5.41) is 15.7. The van der Waals surface area contributed by atoms with Gasteiger partial charge in [0.2, 0.25) is 5.91 Å². The largest absolute Gasteiger partial charge is 0.391 e. The molecule has 1 fully saturated rings. The van der Waals surface area contributed by atoms with Gasteiger partial charge in [0.1, 0.15) is 0 Å². The van der Waals surface area contributed by atoms with Gasteiger partial charge in [-0.25, -0.2) is 0 Å². The van der Waals surface area contributed by atoms with Crippen LogP contribution < -0.4 is 10.6 Å². The molecule has 0 bridgehead atoms. The average molecular weight is 343 g/mol. The smallest absolute Gasteiger partial charge is 0.230 e. The Hall–Kier alpha value is -0.750. The standard InChI is InChI=1S/C16H22N2O2S.ClH/c19-15-9-17-7-13(15)8-18-16(20)10-21-14-5-4-11-2-1-3-12(11)6-14;/h4-6,13,15,17,19H,1-3,7-10H2,(H,18,20);1H. The Labute approximate surface area is 141 Å². The summed E-state index contributed by atoms with van der Waals surface area (Å²) in [6.07, 6.45) is 3.28. The lowest BCUT2D eigenvalue weighted by molar-refractivity contribution is -0.118. The topological polar surface area (TPSA) is 61.4 Å². The molecule has 3 N–H and O–H groups in total. The van der Waals surface area contributed by atoms with Gasteiger partial charge in [0, 0.05) is 30.4 Å². The summed E-state index contributed by atoms with van der Waals surface area (Å²) >= 11 is 1.59. The van der Waals surface area contributed by atoms with Crippen molar-refractivity contribution in [2.75, 3.05) is 25.4 Å². The molecule has 1 amide bonds. The Morgan fingerprint density at radius 1 is 1.32 bits per heavy atom. The fraction of sp³-hybridized carbons (Fsp3) is 0.562. The zero-order valence-electron chi connectivity index (χ0n) is 12.5. The Balaban J connectivity index is 0.00000176. The Morgan fingerprint density at radius 3 is 2.91 bits per heavy atom. The van der Waals surface area contributed by atoms with Crippen molar-refractivity contribution in [3.05, 3.63) is 29.3 Å². The molecule has 1 heterocycles. The zero-order chi connectivity index (χ0) is 14.7. The van der Waals surface area contributed by atoms with Gasteiger partial charge in [-0.3, -0.25) is 4.79 Å². The second-order valence-corrected chi connectivity index (χ2v) is 6.91. The van der Waals surface area contributed by atoms with Crippen molar-refractivity contribution in [3.8, 4) is 0 Å². The fourth-order valence-electron chi connectivity index (χ4n) is 3.01. The number of rotatable bonds is 5. The quantitative estimate of drug-likeness (QED) is 0.708. The number of benzene rings is 1. The first-order valence-corrected chi connectivity index (χ1v) is 8.61. The maximum Gasteiger partial charge on any atom is 0.230 e. The van der Waals surface area contributed by atoms with E-state index in [1.54, 1.807) is 11.8 Å². The van der Waals surface area contributed by atoms with Crippen molar-refractivity contribution in [3.63, 3.8) is 0 Å². The van der Waals surface area contributed by atoms with E-state index < -0.39 is 0 Å². The van der Waals surface area contributed by atoms with Gasteiger partial charge in [0.05, 0.1) is 11.9 Å². The number of halogens is 1. The van der Waals surface area contributed by atoms with E-state index in [1.807, 2.05) is 0 Å². The summed E-state index contributed by atoms with van der Waals surface area (Å²) in [7, 11) is 0. The second-order valence-electron chi connectivity index (χ2n) is 5.86. The number of aliphatic hydroxyl groups is 1. The van der Waals surface area contributed by atoms with Gasteiger partial charge in [0.15, 0.2) is 0 Å². The van der Waals surface area contributed by atoms with Gasteiger partial charge in [-0.05, 0) is 42.5 Å². The number of amides is 1. The van der Waals surface area contributed by atoms with Crippen molar-refractivity contribution in [2.24, 2.45) is 5.92 Å². The SMILES string of the molecule is Cl.O=C(CSc1ccc2c(c1)CCC2)NCC1CNCC1O. The highest BCUT2D eigenvalue weighted by molar-refractivity contribution is 8.00. The van der Waals surface area contributed by atoms with E-state index in [0.29, 0.717) is 18.8 Å². The molecule has 122 valence electrons. The molecule has 6 heteroatoms. The number of hydrogen-bond acceptors (Lipinski definition) is 4. The number of fused-ring (bicyclic) bond motifs is 1. The predicted molar refractivity (Wildman–Crippen MR) is 91.8 cm³/mol. The van der Waals surface area contributed by atoms with Gasteiger partial charge in [-0.15, -0.1) is 24.2 Å². The molecule has 0 aromatic heterocycles. The van der Waals surface area contributed by atoms with Gasteiger partial charge < -0.3 is 15.7 Å². The van der Waals surface area contributed by atoms with Crippen molar-refractivity contribution in [2.45, 2.75) is 30.3 Å². The van der Waals surface area contributed by atoms with Crippen LogP contribution >= 0.6 is 24.2 Å². The van der Waals surface area contributed by atoms with Crippen LogP contribution in [0.15, 0.2) is 23.1 Å². The maximum absolute atomic E-state index is 11.9. The Morgan fingerprint density at radius 2 is 2.14 bits per heavy atom. The van der Waals surface area contributed by atoms with Crippen LogP contribution in [0.4, 0.5) is 0 Å². The summed E-state index contributed by atoms with van der Waals surface area (Å²) < 4.78 is 0. The van der Waals surface area contributed by atoms with E-state index in [0.717, 1.165) is 6.54 Å². The third-order valence-corrected chi connectivity index (χ3v) is 5.30. The molecule has 22 heavy (non-hydrogen) atoms. The van der Waals surface area contributed by atoms with Crippen LogP contribution in [-0.2, 0) is 17.6 Å². The van der Waals surface area contributed by atoms with Crippen LogP contribution in [0.1, 0.15) is 17.5 Å². The van der Waals surface area contributed by atoms with Gasteiger partial charge in [-0.1, -0.05) is 6.07 Å². The number of nitrogens with one attached hydrogen (secondary N) is 2. The minimum Gasteiger partial charge on any atom is -0.391 e. The molecule has 1 saturated heterocycles. The molecule has 2 unspecified atom stereocenters. The van der Waals surface area contributed by atoms with E-state index >= 15 is 0 Å². The molecule has 1 aromatic rings. The average Bonchev–Trinajstić information content (AvgIpc) is 3.11. The van der Waals surface area contributed by atoms with Crippen LogP contribution in [0, 0.1) is 5.92 Å². The molecule has 2 aliphatic rings. The molecule has 3 rings (SSSR count). The first kappa shape index (κ1) is 17.6. The molecule has 1 aromatic carbocycles. The minimum absolute atomic E-state index is 0. The molecule has 0 spiro atoms. The number of carbonyl (C=O) groups is 1. The van der Waals surface area contributed by atoms with Gasteiger partial charge in [-0.2, -0.15) is 0 Å². The Bertz CT molecular complexity index is 527. The van der Waals surface area contributed by atoms with E-state index in [4.69, 9.17) is 0 Å². The molecule has 4 nitrogen and oxygen atoms in total. The number of aliphatic hydroxyl groups excluding tert-OH is 1. The second kappa shape index (κ2) is 8.20. The molecule has 2 atom stereocenters.